The first kappa shape index (κ1) is 22.3. The summed E-state index contributed by atoms with van der Waals surface area (Å²) in [5.74, 6) is 1.30. The van der Waals surface area contributed by atoms with Crippen LogP contribution in [0, 0.1) is 6.92 Å². The van der Waals surface area contributed by atoms with E-state index in [1.54, 1.807) is 0 Å². The molecule has 3 N–H and O–H groups in total. The number of nitrogens with one attached hydrogen (secondary N) is 1. The number of halogens is 1. The average molecular weight is 432 g/mol. The van der Waals surface area contributed by atoms with Gasteiger partial charge in [-0.25, -0.2) is 4.98 Å². The van der Waals surface area contributed by atoms with Crippen molar-refractivity contribution in [3.63, 3.8) is 0 Å². The first-order valence-corrected chi connectivity index (χ1v) is 10.7. The highest BCUT2D eigenvalue weighted by Crippen LogP contribution is 2.34. The van der Waals surface area contributed by atoms with Crippen molar-refractivity contribution in [1.29, 1.82) is 0 Å². The van der Waals surface area contributed by atoms with Crippen LogP contribution in [0.5, 0.6) is 0 Å². The Labute approximate surface area is 183 Å². The van der Waals surface area contributed by atoms with Crippen LogP contribution in [-0.4, -0.2) is 55.6 Å². The summed E-state index contributed by atoms with van der Waals surface area (Å²) in [4.78, 5) is 23.0. The third-order valence-corrected chi connectivity index (χ3v) is 6.36. The van der Waals surface area contributed by atoms with Crippen molar-refractivity contribution in [1.82, 2.24) is 14.5 Å². The number of rotatable bonds is 7. The molecule has 1 saturated carbocycles. The zero-order valence-electron chi connectivity index (χ0n) is 18.2. The zero-order valence-corrected chi connectivity index (χ0v) is 19.0. The molecule has 0 radical (unpaired) electrons. The normalized spacial score (nSPS) is 21.0. The SMILES string of the molecule is Cc1cnc(NC2CCC([N+](C)(CC(N)=O)c3ccc(Cl)cc3)CC2)nc1N(C)C. The van der Waals surface area contributed by atoms with Crippen LogP contribution in [0.3, 0.4) is 0 Å². The topological polar surface area (TPSA) is 84.1 Å². The highest BCUT2D eigenvalue weighted by atomic mass is 35.5. The maximum Gasteiger partial charge on any atom is 0.273 e. The molecule has 1 amide bonds. The van der Waals surface area contributed by atoms with Gasteiger partial charge in [0.2, 0.25) is 5.95 Å². The monoisotopic (exact) mass is 431 g/mol. The number of aryl methyl sites for hydroxylation is 1. The van der Waals surface area contributed by atoms with E-state index < -0.39 is 0 Å². The summed E-state index contributed by atoms with van der Waals surface area (Å²) < 4.78 is 0.505. The van der Waals surface area contributed by atoms with Crippen LogP contribution in [0.15, 0.2) is 30.5 Å². The number of amides is 1. The van der Waals surface area contributed by atoms with Gasteiger partial charge < -0.3 is 16.0 Å². The van der Waals surface area contributed by atoms with Gasteiger partial charge in [-0.2, -0.15) is 4.98 Å². The van der Waals surface area contributed by atoms with E-state index in [0.717, 1.165) is 42.8 Å². The van der Waals surface area contributed by atoms with Gasteiger partial charge in [-0.1, -0.05) is 11.6 Å². The van der Waals surface area contributed by atoms with E-state index in [9.17, 15) is 4.79 Å². The van der Waals surface area contributed by atoms with Gasteiger partial charge in [0.25, 0.3) is 5.91 Å². The van der Waals surface area contributed by atoms with Gasteiger partial charge in [0.05, 0.1) is 13.1 Å². The van der Waals surface area contributed by atoms with Gasteiger partial charge in [-0.3, -0.25) is 9.28 Å². The van der Waals surface area contributed by atoms with Gasteiger partial charge in [0.15, 0.2) is 6.54 Å². The van der Waals surface area contributed by atoms with Gasteiger partial charge in [0.1, 0.15) is 11.5 Å². The Balaban J connectivity index is 1.70. The molecule has 1 aromatic carbocycles. The largest absolute Gasteiger partial charge is 0.365 e. The van der Waals surface area contributed by atoms with Crippen molar-refractivity contribution in [2.75, 3.05) is 37.9 Å². The summed E-state index contributed by atoms with van der Waals surface area (Å²) >= 11 is 6.07. The third kappa shape index (κ3) is 5.02. The van der Waals surface area contributed by atoms with E-state index in [0.29, 0.717) is 27.5 Å². The Morgan fingerprint density at radius 3 is 2.43 bits per heavy atom. The Morgan fingerprint density at radius 1 is 1.23 bits per heavy atom. The van der Waals surface area contributed by atoms with Crippen molar-refractivity contribution in [3.05, 3.63) is 41.0 Å². The highest BCUT2D eigenvalue weighted by molar-refractivity contribution is 6.30. The van der Waals surface area contributed by atoms with E-state index in [-0.39, 0.29) is 12.5 Å². The van der Waals surface area contributed by atoms with Gasteiger partial charge in [-0.05, 0) is 31.9 Å². The minimum atomic E-state index is -0.294. The second-order valence-electron chi connectivity index (χ2n) is 8.61. The maximum absolute atomic E-state index is 11.9. The molecule has 0 aliphatic heterocycles. The molecule has 1 aromatic heterocycles. The van der Waals surface area contributed by atoms with Crippen LogP contribution in [-0.2, 0) is 4.79 Å². The summed E-state index contributed by atoms with van der Waals surface area (Å²) in [5, 5.41) is 4.19. The second kappa shape index (κ2) is 9.18. The smallest absolute Gasteiger partial charge is 0.273 e. The fourth-order valence-corrected chi connectivity index (χ4v) is 4.59. The van der Waals surface area contributed by atoms with Crippen molar-refractivity contribution < 1.29 is 4.79 Å². The molecule has 30 heavy (non-hydrogen) atoms. The first-order valence-electron chi connectivity index (χ1n) is 10.4. The van der Waals surface area contributed by atoms with Crippen molar-refractivity contribution in [2.45, 2.75) is 44.7 Å². The van der Waals surface area contributed by atoms with Crippen LogP contribution in [0.2, 0.25) is 5.02 Å². The van der Waals surface area contributed by atoms with Crippen molar-refractivity contribution >= 4 is 35.0 Å². The van der Waals surface area contributed by atoms with E-state index >= 15 is 0 Å². The third-order valence-electron chi connectivity index (χ3n) is 6.11. The second-order valence-corrected chi connectivity index (χ2v) is 9.05. The Hall–Kier alpha value is -2.38. The summed E-state index contributed by atoms with van der Waals surface area (Å²) in [6, 6.07) is 8.37. The molecule has 162 valence electrons. The Kier molecular flexibility index (Phi) is 6.83. The van der Waals surface area contributed by atoms with Crippen LogP contribution in [0.25, 0.3) is 0 Å². The lowest BCUT2D eigenvalue weighted by atomic mass is 9.88. The van der Waals surface area contributed by atoms with Crippen LogP contribution in [0.4, 0.5) is 17.5 Å². The fraction of sp³-hybridized carbons (Fsp3) is 0.500. The predicted octanol–water partition coefficient (Wildman–Crippen LogP) is 3.35. The molecule has 1 unspecified atom stereocenters. The standard InChI is InChI=1S/C22H31ClN6O/c1-15-13-25-22(27-21(15)28(2)3)26-17-7-11-19(12-8-17)29(4,14-20(24)30)18-9-5-16(23)6-10-18/h5-6,9-10,13,17,19H,7-8,11-12,14H2,1-4H3,(H2-,24,25,26,27,30)/p+1. The van der Waals surface area contributed by atoms with E-state index in [1.807, 2.05) is 56.4 Å². The minimum Gasteiger partial charge on any atom is -0.365 e. The maximum atomic E-state index is 11.9. The van der Waals surface area contributed by atoms with Crippen LogP contribution in [0.1, 0.15) is 31.2 Å². The molecule has 8 heteroatoms. The van der Waals surface area contributed by atoms with Crippen LogP contribution >= 0.6 is 11.6 Å². The lowest BCUT2D eigenvalue weighted by Gasteiger charge is -2.43. The molecule has 7 nitrogen and oxygen atoms in total. The van der Waals surface area contributed by atoms with Crippen LogP contribution < -0.4 is 20.4 Å². The molecule has 3 rings (SSSR count). The lowest BCUT2D eigenvalue weighted by Crippen LogP contribution is -2.58. The summed E-state index contributed by atoms with van der Waals surface area (Å²) in [7, 11) is 6.07. The molecule has 0 saturated heterocycles. The number of aromatic nitrogens is 2. The molecule has 1 aliphatic rings. The molecular formula is C22H32ClN6O+. The summed E-state index contributed by atoms with van der Waals surface area (Å²) in [6.07, 6.45) is 5.80. The molecule has 1 aliphatic carbocycles. The number of anilines is 2. The van der Waals surface area contributed by atoms with E-state index in [2.05, 4.69) is 22.3 Å². The number of hydrogen-bond acceptors (Lipinski definition) is 5. The van der Waals surface area contributed by atoms with Gasteiger partial charge >= 0.3 is 0 Å². The minimum absolute atomic E-state index is 0.275. The number of nitrogens with two attached hydrogens (primary N) is 1. The van der Waals surface area contributed by atoms with Gasteiger partial charge in [0, 0.05) is 61.9 Å². The molecule has 1 fully saturated rings. The predicted molar refractivity (Wildman–Crippen MR) is 124 cm³/mol. The fourth-order valence-electron chi connectivity index (χ4n) is 4.46. The number of carbonyl (C=O) groups excluding carboxylic acids is 1. The molecule has 1 heterocycles. The number of benzene rings is 1. The number of nitrogens with zero attached hydrogens (tertiary/aromatic N) is 4. The van der Waals surface area contributed by atoms with Crippen molar-refractivity contribution in [2.24, 2.45) is 5.73 Å². The number of quaternary nitrogens is 1. The number of primary amides is 1. The Bertz CT molecular complexity index is 880. The Morgan fingerprint density at radius 2 is 1.87 bits per heavy atom. The molecule has 0 bridgehead atoms. The van der Waals surface area contributed by atoms with E-state index in [4.69, 9.17) is 17.3 Å². The quantitative estimate of drug-likeness (QED) is 0.657. The van der Waals surface area contributed by atoms with E-state index in [1.165, 1.54) is 0 Å². The summed E-state index contributed by atoms with van der Waals surface area (Å²) in [5.41, 5.74) is 7.73. The molecular weight excluding hydrogens is 400 g/mol. The molecule has 2 aromatic rings. The lowest BCUT2D eigenvalue weighted by molar-refractivity contribution is -0.119. The zero-order chi connectivity index (χ0) is 21.9. The first-order chi connectivity index (χ1) is 14.2. The molecule has 1 atom stereocenters. The highest BCUT2D eigenvalue weighted by Gasteiger charge is 2.39. The van der Waals surface area contributed by atoms with Crippen molar-refractivity contribution in [3.8, 4) is 0 Å². The van der Waals surface area contributed by atoms with Gasteiger partial charge in [-0.15, -0.1) is 0 Å². The summed E-state index contributed by atoms with van der Waals surface area (Å²) in [6.45, 7) is 2.29. The average Bonchev–Trinajstić information content (AvgIpc) is 2.69. The number of carbonyl (C=O) groups is 1. The number of hydrogen-bond donors (Lipinski definition) is 2. The molecule has 0 spiro atoms. The number of likely N-dealkylation sites (N-methyl/N-ethyl adjacent to an activating group) is 1.